The molecule has 0 amide bonds. The monoisotopic (exact) mass is 292 g/mol. The zero-order valence-corrected chi connectivity index (χ0v) is 12.1. The predicted octanol–water partition coefficient (Wildman–Crippen LogP) is 2.68. The van der Waals surface area contributed by atoms with E-state index in [-0.39, 0.29) is 11.8 Å². The number of rotatable bonds is 6. The fraction of sp³-hybridized carbons (Fsp3) is 0.286. The predicted molar refractivity (Wildman–Crippen MR) is 77.4 cm³/mol. The van der Waals surface area contributed by atoms with E-state index in [2.05, 4.69) is 4.98 Å². The molecule has 0 saturated carbocycles. The highest BCUT2D eigenvalue weighted by molar-refractivity contribution is 7.99. The number of imidazole rings is 1. The lowest BCUT2D eigenvalue weighted by molar-refractivity contribution is -0.133. The molecule has 1 atom stereocenters. The molecule has 6 heteroatoms. The van der Waals surface area contributed by atoms with Gasteiger partial charge in [0.1, 0.15) is 5.75 Å². The number of carbonyl (C=O) groups is 1. The number of ether oxygens (including phenoxy) is 1. The van der Waals surface area contributed by atoms with Gasteiger partial charge >= 0.3 is 5.97 Å². The summed E-state index contributed by atoms with van der Waals surface area (Å²) in [7, 11) is 1.63. The van der Waals surface area contributed by atoms with E-state index < -0.39 is 5.97 Å². The Morgan fingerprint density at radius 3 is 2.75 bits per heavy atom. The quantitative estimate of drug-likeness (QED) is 0.829. The number of aromatic nitrogens is 2. The second kappa shape index (κ2) is 6.47. The van der Waals surface area contributed by atoms with Crippen LogP contribution in [0.2, 0.25) is 0 Å². The second-order valence-electron chi connectivity index (χ2n) is 4.25. The van der Waals surface area contributed by atoms with E-state index in [9.17, 15) is 4.79 Å². The molecule has 0 aliphatic carbocycles. The minimum Gasteiger partial charge on any atom is -0.497 e. The first-order valence-corrected chi connectivity index (χ1v) is 7.11. The van der Waals surface area contributed by atoms with Gasteiger partial charge in [-0.2, -0.15) is 0 Å². The number of aliphatic carboxylic acids is 1. The summed E-state index contributed by atoms with van der Waals surface area (Å²) in [6.07, 6.45) is 3.54. The molecule has 2 rings (SSSR count). The Hall–Kier alpha value is -1.95. The van der Waals surface area contributed by atoms with Crippen LogP contribution in [0.1, 0.15) is 18.5 Å². The maximum absolute atomic E-state index is 10.6. The standard InChI is InChI=1S/C14H16N2O3S/c1-10(11-3-5-12(19-2)6-4-11)16-8-7-15-14(16)20-9-13(17)18/h3-8,10H,9H2,1-2H3,(H,17,18). The number of carboxylic acids is 1. The third-order valence-corrected chi connectivity index (χ3v) is 3.94. The summed E-state index contributed by atoms with van der Waals surface area (Å²) >= 11 is 1.22. The van der Waals surface area contributed by atoms with Crippen LogP contribution in [0.3, 0.4) is 0 Å². The fourth-order valence-electron chi connectivity index (χ4n) is 1.88. The summed E-state index contributed by atoms with van der Waals surface area (Å²) in [5, 5.41) is 9.45. The molecule has 1 heterocycles. The number of carboxylic acid groups (broad SMARTS) is 1. The fourth-order valence-corrected chi connectivity index (χ4v) is 2.63. The van der Waals surface area contributed by atoms with Gasteiger partial charge in [-0.3, -0.25) is 4.79 Å². The third-order valence-electron chi connectivity index (χ3n) is 2.97. The first-order chi connectivity index (χ1) is 9.61. The molecule has 0 saturated heterocycles. The van der Waals surface area contributed by atoms with Crippen molar-refractivity contribution in [1.29, 1.82) is 0 Å². The van der Waals surface area contributed by atoms with E-state index in [1.54, 1.807) is 13.3 Å². The molecule has 2 aromatic rings. The number of methoxy groups -OCH3 is 1. The first kappa shape index (κ1) is 14.5. The van der Waals surface area contributed by atoms with Crippen molar-refractivity contribution >= 4 is 17.7 Å². The van der Waals surface area contributed by atoms with Gasteiger partial charge in [0.15, 0.2) is 5.16 Å². The van der Waals surface area contributed by atoms with Crippen LogP contribution in [-0.4, -0.2) is 33.5 Å². The molecule has 0 fully saturated rings. The van der Waals surface area contributed by atoms with Crippen LogP contribution in [0, 0.1) is 0 Å². The zero-order chi connectivity index (χ0) is 14.5. The molecular formula is C14H16N2O3S. The van der Waals surface area contributed by atoms with Gasteiger partial charge in [-0.25, -0.2) is 4.98 Å². The van der Waals surface area contributed by atoms with Crippen LogP contribution < -0.4 is 4.74 Å². The highest BCUT2D eigenvalue weighted by atomic mass is 32.2. The largest absolute Gasteiger partial charge is 0.497 e. The van der Waals surface area contributed by atoms with Crippen molar-refractivity contribution in [3.05, 3.63) is 42.2 Å². The maximum Gasteiger partial charge on any atom is 0.313 e. The van der Waals surface area contributed by atoms with Crippen molar-refractivity contribution in [1.82, 2.24) is 9.55 Å². The summed E-state index contributed by atoms with van der Waals surface area (Å²) in [6.45, 7) is 2.05. The van der Waals surface area contributed by atoms with Crippen LogP contribution in [0.5, 0.6) is 5.75 Å². The summed E-state index contributed by atoms with van der Waals surface area (Å²) in [5.74, 6) is -0.0273. The van der Waals surface area contributed by atoms with Gasteiger partial charge in [0.25, 0.3) is 0 Å². The SMILES string of the molecule is COc1ccc(C(C)n2ccnc2SCC(=O)O)cc1. The Kier molecular flexibility index (Phi) is 4.68. The number of hydrogen-bond acceptors (Lipinski definition) is 4. The molecule has 1 aromatic carbocycles. The molecule has 0 spiro atoms. The molecule has 5 nitrogen and oxygen atoms in total. The van der Waals surface area contributed by atoms with Gasteiger partial charge in [-0.1, -0.05) is 23.9 Å². The normalized spacial score (nSPS) is 12.1. The Morgan fingerprint density at radius 2 is 2.15 bits per heavy atom. The Morgan fingerprint density at radius 1 is 1.45 bits per heavy atom. The maximum atomic E-state index is 10.6. The van der Waals surface area contributed by atoms with Crippen LogP contribution >= 0.6 is 11.8 Å². The third kappa shape index (κ3) is 3.33. The lowest BCUT2D eigenvalue weighted by atomic mass is 10.1. The summed E-state index contributed by atoms with van der Waals surface area (Å²) in [4.78, 5) is 14.9. The van der Waals surface area contributed by atoms with E-state index in [1.807, 2.05) is 42.0 Å². The average molecular weight is 292 g/mol. The van der Waals surface area contributed by atoms with Gasteiger partial charge in [0.05, 0.1) is 18.9 Å². The molecule has 0 radical (unpaired) electrons. The lowest BCUT2D eigenvalue weighted by Gasteiger charge is -2.16. The summed E-state index contributed by atoms with van der Waals surface area (Å²) < 4.78 is 7.11. The molecule has 0 aliphatic rings. The first-order valence-electron chi connectivity index (χ1n) is 6.13. The van der Waals surface area contributed by atoms with E-state index >= 15 is 0 Å². The smallest absolute Gasteiger partial charge is 0.313 e. The Balaban J connectivity index is 2.17. The van der Waals surface area contributed by atoms with Crippen LogP contribution in [-0.2, 0) is 4.79 Å². The highest BCUT2D eigenvalue weighted by Crippen LogP contribution is 2.26. The average Bonchev–Trinajstić information content (AvgIpc) is 2.93. The van der Waals surface area contributed by atoms with Gasteiger partial charge < -0.3 is 14.4 Å². The minimum absolute atomic E-state index is 0.00630. The van der Waals surface area contributed by atoms with E-state index in [0.29, 0.717) is 5.16 Å². The number of benzene rings is 1. The number of hydrogen-bond donors (Lipinski definition) is 1. The topological polar surface area (TPSA) is 64.4 Å². The van der Waals surface area contributed by atoms with E-state index in [4.69, 9.17) is 9.84 Å². The molecule has 106 valence electrons. The molecule has 0 aliphatic heterocycles. The number of thioether (sulfide) groups is 1. The van der Waals surface area contributed by atoms with Crippen molar-refractivity contribution in [2.24, 2.45) is 0 Å². The molecule has 1 unspecified atom stereocenters. The summed E-state index contributed by atoms with van der Waals surface area (Å²) in [6, 6.07) is 7.89. The van der Waals surface area contributed by atoms with Gasteiger partial charge in [0, 0.05) is 12.4 Å². The van der Waals surface area contributed by atoms with Crippen LogP contribution in [0.4, 0.5) is 0 Å². The Labute approximate surface area is 121 Å². The van der Waals surface area contributed by atoms with Gasteiger partial charge in [0.2, 0.25) is 0 Å². The lowest BCUT2D eigenvalue weighted by Crippen LogP contribution is -2.08. The zero-order valence-electron chi connectivity index (χ0n) is 11.3. The van der Waals surface area contributed by atoms with Crippen molar-refractivity contribution in [2.45, 2.75) is 18.1 Å². The van der Waals surface area contributed by atoms with Crippen LogP contribution in [0.25, 0.3) is 0 Å². The van der Waals surface area contributed by atoms with Gasteiger partial charge in [-0.15, -0.1) is 0 Å². The Bertz CT molecular complexity index is 580. The minimum atomic E-state index is -0.846. The van der Waals surface area contributed by atoms with Crippen LogP contribution in [0.15, 0.2) is 41.8 Å². The van der Waals surface area contributed by atoms with Gasteiger partial charge in [-0.05, 0) is 24.6 Å². The van der Waals surface area contributed by atoms with E-state index in [1.165, 1.54) is 11.8 Å². The number of nitrogens with zero attached hydrogens (tertiary/aromatic N) is 2. The molecule has 20 heavy (non-hydrogen) atoms. The second-order valence-corrected chi connectivity index (χ2v) is 5.19. The summed E-state index contributed by atoms with van der Waals surface area (Å²) in [5.41, 5.74) is 1.11. The highest BCUT2D eigenvalue weighted by Gasteiger charge is 2.13. The molecular weight excluding hydrogens is 276 g/mol. The van der Waals surface area contributed by atoms with Crippen molar-refractivity contribution < 1.29 is 14.6 Å². The van der Waals surface area contributed by atoms with E-state index in [0.717, 1.165) is 11.3 Å². The molecule has 1 aromatic heterocycles. The molecule has 1 N–H and O–H groups in total. The van der Waals surface area contributed by atoms with Crippen molar-refractivity contribution in [3.63, 3.8) is 0 Å². The van der Waals surface area contributed by atoms with Crippen molar-refractivity contribution in [3.8, 4) is 5.75 Å². The van der Waals surface area contributed by atoms with Crippen molar-refractivity contribution in [2.75, 3.05) is 12.9 Å². The molecule has 0 bridgehead atoms.